The Labute approximate surface area is 358 Å². The van der Waals surface area contributed by atoms with Gasteiger partial charge in [-0.05, 0) is 57.2 Å². The van der Waals surface area contributed by atoms with Crippen molar-refractivity contribution in [2.45, 2.75) is 183 Å². The molecule has 13 N–H and O–H groups in total. The maximum absolute atomic E-state index is 13.9. The fourth-order valence-electron chi connectivity index (χ4n) is 7.93. The number of hydrogen-bond donors (Lipinski definition) is 13. The van der Waals surface area contributed by atoms with E-state index in [1.165, 1.54) is 18.2 Å². The number of aromatic hydroxyl groups is 2. The molecule has 4 saturated heterocycles. The van der Waals surface area contributed by atoms with Crippen LogP contribution in [0, 0.1) is 5.41 Å². The third-order valence-electron chi connectivity index (χ3n) is 11.2. The Morgan fingerprint density at radius 1 is 0.629 bits per heavy atom. The molecule has 0 aromatic heterocycles. The van der Waals surface area contributed by atoms with Crippen LogP contribution >= 0.6 is 0 Å². The Bertz CT molecular complexity index is 1610. The molecule has 1 amide bonds. The van der Waals surface area contributed by atoms with Gasteiger partial charge in [-0.2, -0.15) is 0 Å². The van der Waals surface area contributed by atoms with E-state index in [4.69, 9.17) is 37.9 Å². The van der Waals surface area contributed by atoms with Crippen LogP contribution in [0.5, 0.6) is 11.5 Å². The molecule has 0 aliphatic carbocycles. The fourth-order valence-corrected chi connectivity index (χ4v) is 7.93. The minimum absolute atomic E-state index is 0.110. The van der Waals surface area contributed by atoms with Crippen molar-refractivity contribution in [2.75, 3.05) is 19.8 Å². The average molecular weight is 896 g/mol. The topological polar surface area (TPSA) is 346 Å². The zero-order chi connectivity index (χ0) is 46.2. The number of phenolic OH excluding ortho intramolecular Hbond substituents is 2. The number of nitrogens with one attached hydrogen (secondary N) is 1. The van der Waals surface area contributed by atoms with Crippen molar-refractivity contribution in [3.8, 4) is 11.5 Å². The van der Waals surface area contributed by atoms with E-state index in [1.807, 2.05) is 20.8 Å². The zero-order valence-corrected chi connectivity index (χ0v) is 35.6. The number of carbonyl (C=O) groups is 1. The molecule has 5 rings (SSSR count). The molecule has 62 heavy (non-hydrogen) atoms. The highest BCUT2D eigenvalue weighted by Crippen LogP contribution is 2.38. The van der Waals surface area contributed by atoms with E-state index in [2.05, 4.69) is 5.32 Å². The molecule has 356 valence electrons. The van der Waals surface area contributed by atoms with E-state index in [-0.39, 0.29) is 18.7 Å². The van der Waals surface area contributed by atoms with Crippen molar-refractivity contribution in [2.24, 2.45) is 5.41 Å². The Hall–Kier alpha value is -2.43. The van der Waals surface area contributed by atoms with Crippen LogP contribution < -0.4 is 5.32 Å². The minimum Gasteiger partial charge on any atom is -0.504 e. The second-order valence-electron chi connectivity index (χ2n) is 18.3. The quantitative estimate of drug-likeness (QED) is 0.0839. The van der Waals surface area contributed by atoms with Crippen LogP contribution in [0.25, 0.3) is 0 Å². The van der Waals surface area contributed by atoms with Gasteiger partial charge in [-0.25, -0.2) is 0 Å². The molecular formula is C40H65NO21. The molecule has 0 bridgehead atoms. The van der Waals surface area contributed by atoms with Crippen molar-refractivity contribution < 1.29 is 104 Å². The molecular weight excluding hydrogens is 830 g/mol. The molecule has 1 aromatic rings. The molecule has 0 spiro atoms. The number of rotatable bonds is 13. The van der Waals surface area contributed by atoms with Gasteiger partial charge in [-0.3, -0.25) is 4.79 Å². The van der Waals surface area contributed by atoms with Crippen LogP contribution in [0.15, 0.2) is 18.2 Å². The largest absolute Gasteiger partial charge is 0.504 e. The van der Waals surface area contributed by atoms with Gasteiger partial charge < -0.3 is 104 Å². The number of phenols is 2. The molecule has 22 heteroatoms. The minimum atomic E-state index is -2.11. The van der Waals surface area contributed by atoms with Crippen molar-refractivity contribution in [3.63, 3.8) is 0 Å². The Morgan fingerprint density at radius 3 is 1.74 bits per heavy atom. The highest BCUT2D eigenvalue weighted by Gasteiger charge is 2.57. The van der Waals surface area contributed by atoms with Gasteiger partial charge in [0, 0.05) is 6.54 Å². The monoisotopic (exact) mass is 895 g/mol. The summed E-state index contributed by atoms with van der Waals surface area (Å²) in [5, 5.41) is 132. The summed E-state index contributed by atoms with van der Waals surface area (Å²) < 4.78 is 46.7. The fraction of sp³-hybridized carbons (Fsp3) is 0.825. The summed E-state index contributed by atoms with van der Waals surface area (Å²) in [7, 11) is 0. The van der Waals surface area contributed by atoms with Crippen LogP contribution in [-0.2, 0) is 49.1 Å². The summed E-state index contributed by atoms with van der Waals surface area (Å²) >= 11 is 0. The number of aliphatic hydroxyl groups excluding tert-OH is 10. The van der Waals surface area contributed by atoms with Crippen LogP contribution in [0.1, 0.15) is 54.0 Å². The van der Waals surface area contributed by atoms with Crippen LogP contribution in [0.2, 0.25) is 0 Å². The van der Waals surface area contributed by atoms with Crippen LogP contribution in [0.4, 0.5) is 0 Å². The highest BCUT2D eigenvalue weighted by atomic mass is 16.8. The van der Waals surface area contributed by atoms with E-state index in [9.17, 15) is 66.1 Å². The van der Waals surface area contributed by atoms with E-state index in [0.717, 1.165) is 0 Å². The molecule has 22 nitrogen and oxygen atoms in total. The van der Waals surface area contributed by atoms with Gasteiger partial charge in [0.15, 0.2) is 36.5 Å². The first-order chi connectivity index (χ1) is 28.9. The third kappa shape index (κ3) is 11.3. The number of aliphatic hydroxyl groups is 10. The summed E-state index contributed by atoms with van der Waals surface area (Å²) in [4.78, 5) is 13.9. The van der Waals surface area contributed by atoms with Gasteiger partial charge in [0.05, 0.1) is 31.0 Å². The predicted octanol–water partition coefficient (Wildman–Crippen LogP) is -4.02. The molecule has 4 aliphatic heterocycles. The molecule has 20 atom stereocenters. The molecule has 1 aromatic carbocycles. The number of benzene rings is 1. The summed E-state index contributed by atoms with van der Waals surface area (Å²) in [5.74, 6) is -1.74. The van der Waals surface area contributed by atoms with Crippen molar-refractivity contribution in [3.05, 3.63) is 23.8 Å². The summed E-state index contributed by atoms with van der Waals surface area (Å²) in [6.45, 7) is 10.2. The molecule has 0 radical (unpaired) electrons. The number of carbonyl (C=O) groups excluding carboxylic acids is 1. The van der Waals surface area contributed by atoms with Gasteiger partial charge in [0.2, 0.25) is 0 Å². The maximum Gasteiger partial charge on any atom is 0.252 e. The Balaban J connectivity index is 1.35. The second kappa shape index (κ2) is 20.4. The average Bonchev–Trinajstić information content (AvgIpc) is 3.19. The van der Waals surface area contributed by atoms with Crippen LogP contribution in [0.3, 0.4) is 0 Å². The maximum atomic E-state index is 13.9. The molecule has 20 unspecified atom stereocenters. The first-order valence-electron chi connectivity index (χ1n) is 20.6. The van der Waals surface area contributed by atoms with Gasteiger partial charge in [-0.15, -0.1) is 0 Å². The molecule has 4 aliphatic rings. The third-order valence-corrected chi connectivity index (χ3v) is 11.2. The van der Waals surface area contributed by atoms with Crippen LogP contribution in [-0.4, -0.2) is 215 Å². The number of hydrogen-bond acceptors (Lipinski definition) is 21. The van der Waals surface area contributed by atoms with Crippen molar-refractivity contribution in [1.29, 1.82) is 0 Å². The second-order valence-corrected chi connectivity index (χ2v) is 18.3. The standard InChI is InChI=1S/C40H65NO21/c1-15-29(22(47)25(50)34(55-15)39(2,3)4)58-36-26(51)23(48)30(20(14-43)57-36)59-37-27(52)24(49)32(33(61-37)35(54)41-11-10-16-8-9-17(44)18(45)12-16)60-38-28(53)31(62-40(5,6)7)21(46)19(13-42)56-38/h8-9,12,15,19-34,36-38,42-53H,10-11,13-14H2,1-7H3,(H,41,54). The Morgan fingerprint density at radius 2 is 1.16 bits per heavy atom. The lowest BCUT2D eigenvalue weighted by Crippen LogP contribution is -2.68. The van der Waals surface area contributed by atoms with Gasteiger partial charge in [0.1, 0.15) is 85.5 Å². The highest BCUT2D eigenvalue weighted by molar-refractivity contribution is 5.81. The van der Waals surface area contributed by atoms with E-state index in [0.29, 0.717) is 5.56 Å². The van der Waals surface area contributed by atoms with Gasteiger partial charge in [-0.1, -0.05) is 26.8 Å². The molecule has 0 saturated carbocycles. The smallest absolute Gasteiger partial charge is 0.252 e. The first-order valence-corrected chi connectivity index (χ1v) is 20.6. The van der Waals surface area contributed by atoms with Gasteiger partial charge in [0.25, 0.3) is 5.91 Å². The summed E-state index contributed by atoms with van der Waals surface area (Å²) in [5.41, 5.74) is -1.00. The summed E-state index contributed by atoms with van der Waals surface area (Å²) in [6.07, 6.45) is -32.6. The lowest BCUT2D eigenvalue weighted by molar-refractivity contribution is -0.382. The lowest BCUT2D eigenvalue weighted by atomic mass is 9.80. The van der Waals surface area contributed by atoms with E-state index in [1.54, 1.807) is 27.7 Å². The van der Waals surface area contributed by atoms with Gasteiger partial charge >= 0.3 is 0 Å². The number of ether oxygens (including phenoxy) is 8. The predicted molar refractivity (Wildman–Crippen MR) is 208 cm³/mol. The first kappa shape index (κ1) is 50.6. The molecule has 4 fully saturated rings. The lowest BCUT2D eigenvalue weighted by Gasteiger charge is -2.50. The zero-order valence-electron chi connectivity index (χ0n) is 35.6. The Kier molecular flexibility index (Phi) is 16.6. The van der Waals surface area contributed by atoms with E-state index >= 15 is 0 Å². The van der Waals surface area contributed by atoms with Crippen molar-refractivity contribution in [1.82, 2.24) is 5.32 Å². The molecule has 4 heterocycles. The summed E-state index contributed by atoms with van der Waals surface area (Å²) in [6, 6.07) is 4.02. The normalized spacial score (nSPS) is 42.1. The van der Waals surface area contributed by atoms with E-state index < -0.39 is 159 Å². The number of amides is 1. The van der Waals surface area contributed by atoms with Crippen molar-refractivity contribution >= 4 is 5.91 Å². The SMILES string of the molecule is CC1OC(C(C)(C)C)C(O)C(O)C1OC1OC(CO)C(OC2OC(C(=O)NCCc3ccc(O)c(O)c3)C(OC3OC(CO)C(O)C(OC(C)(C)C)C3O)C(O)C2O)C(O)C1O.